The van der Waals surface area contributed by atoms with E-state index in [-0.39, 0.29) is 17.3 Å². The number of fused-ring (bicyclic) bond motifs is 1. The molecular weight excluding hydrogens is 478 g/mol. The smallest absolute Gasteiger partial charge is 0.170 e. The lowest BCUT2D eigenvalue weighted by Crippen LogP contribution is -2.45. The van der Waals surface area contributed by atoms with Crippen LogP contribution in [0.15, 0.2) is 51.7 Å². The van der Waals surface area contributed by atoms with Gasteiger partial charge in [-0.2, -0.15) is 0 Å². The second-order valence-corrected chi connectivity index (χ2v) is 11.2. The molecule has 11 heteroatoms. The predicted molar refractivity (Wildman–Crippen MR) is 131 cm³/mol. The van der Waals surface area contributed by atoms with Gasteiger partial charge in [0, 0.05) is 48.4 Å². The summed E-state index contributed by atoms with van der Waals surface area (Å²) in [6.45, 7) is 1.56. The number of rotatable bonds is 4. The summed E-state index contributed by atoms with van der Waals surface area (Å²) in [4.78, 5) is 20.7. The number of pyridine rings is 2. The molecule has 1 aliphatic heterocycles. The quantitative estimate of drug-likeness (QED) is 0.554. The van der Waals surface area contributed by atoms with Crippen molar-refractivity contribution in [3.63, 3.8) is 0 Å². The molecule has 2 atom stereocenters. The van der Waals surface area contributed by atoms with Gasteiger partial charge in [0.25, 0.3) is 0 Å². The minimum Gasteiger partial charge on any atom is -0.382 e. The summed E-state index contributed by atoms with van der Waals surface area (Å²) in [6, 6.07) is 5.81. The third-order valence-corrected chi connectivity index (χ3v) is 8.86. The van der Waals surface area contributed by atoms with Crippen LogP contribution in [0.1, 0.15) is 30.1 Å². The number of hydrogen-bond acceptors (Lipinski definition) is 9. The van der Waals surface area contributed by atoms with E-state index in [4.69, 9.17) is 23.1 Å². The van der Waals surface area contributed by atoms with Crippen molar-refractivity contribution in [3.8, 4) is 0 Å². The van der Waals surface area contributed by atoms with Crippen LogP contribution in [-0.4, -0.2) is 43.5 Å². The number of nitrogen functional groups attached to an aromatic ring is 1. The zero-order valence-corrected chi connectivity index (χ0v) is 20.5. The highest BCUT2D eigenvalue weighted by molar-refractivity contribution is 7.99. The Labute approximate surface area is 204 Å². The molecular formula is C22H24ClN7OS2. The standard InChI is InChI=1S/C22H24ClN7OS2/c1-33(31)21-20(28-12-16(29-21)32-15-4-8-27-19(25)17(15)23)30-9-5-22(6-10-30)11-14-13(18(22)24)3-2-7-26-14/h2-4,7-8,12,18H,5-6,9-11,24H2,1H3,(H2,25,27)/t18-,33?/m1/s1. The highest BCUT2D eigenvalue weighted by atomic mass is 35.5. The molecule has 33 heavy (non-hydrogen) atoms. The van der Waals surface area contributed by atoms with E-state index in [2.05, 4.69) is 30.9 Å². The van der Waals surface area contributed by atoms with E-state index in [0.717, 1.165) is 48.5 Å². The first-order valence-corrected chi connectivity index (χ1v) is 13.4. The fraction of sp³-hybridized carbons (Fsp3) is 0.364. The van der Waals surface area contributed by atoms with E-state index in [9.17, 15) is 4.21 Å². The van der Waals surface area contributed by atoms with E-state index < -0.39 is 10.8 Å². The van der Waals surface area contributed by atoms with Gasteiger partial charge >= 0.3 is 0 Å². The van der Waals surface area contributed by atoms with Gasteiger partial charge in [-0.3, -0.25) is 9.19 Å². The van der Waals surface area contributed by atoms with Gasteiger partial charge in [0.1, 0.15) is 10.8 Å². The average molecular weight is 502 g/mol. The van der Waals surface area contributed by atoms with Crippen LogP contribution in [0.4, 0.5) is 11.6 Å². The number of nitrogens with two attached hydrogens (primary N) is 2. The molecule has 4 N–H and O–H groups in total. The zero-order chi connectivity index (χ0) is 23.2. The van der Waals surface area contributed by atoms with Crippen LogP contribution in [0.3, 0.4) is 0 Å². The van der Waals surface area contributed by atoms with Gasteiger partial charge < -0.3 is 16.4 Å². The van der Waals surface area contributed by atoms with E-state index in [1.807, 2.05) is 12.3 Å². The van der Waals surface area contributed by atoms with Crippen LogP contribution >= 0.6 is 23.4 Å². The number of aromatic nitrogens is 4. The summed E-state index contributed by atoms with van der Waals surface area (Å²) in [5, 5.41) is 1.44. The topological polar surface area (TPSA) is 124 Å². The van der Waals surface area contributed by atoms with Crippen molar-refractivity contribution < 1.29 is 4.21 Å². The Morgan fingerprint density at radius 3 is 2.73 bits per heavy atom. The molecule has 1 aliphatic carbocycles. The first-order chi connectivity index (χ1) is 15.9. The van der Waals surface area contributed by atoms with Crippen molar-refractivity contribution in [2.45, 2.75) is 40.3 Å². The molecule has 2 aliphatic rings. The molecule has 1 unspecified atom stereocenters. The molecule has 0 radical (unpaired) electrons. The molecule has 1 fully saturated rings. The lowest BCUT2D eigenvalue weighted by molar-refractivity contribution is 0.186. The first kappa shape index (κ1) is 22.5. The third-order valence-electron chi connectivity index (χ3n) is 6.57. The number of halogens is 1. The van der Waals surface area contributed by atoms with Gasteiger partial charge in [-0.1, -0.05) is 29.4 Å². The molecule has 3 aromatic heterocycles. The third kappa shape index (κ3) is 4.09. The first-order valence-electron chi connectivity index (χ1n) is 10.6. The van der Waals surface area contributed by atoms with Gasteiger partial charge in [0.15, 0.2) is 10.8 Å². The summed E-state index contributed by atoms with van der Waals surface area (Å²) in [5.41, 5.74) is 14.8. The van der Waals surface area contributed by atoms with E-state index >= 15 is 0 Å². The Hall–Kier alpha value is -2.27. The van der Waals surface area contributed by atoms with E-state index in [1.165, 1.54) is 11.8 Å². The number of piperidine rings is 1. The average Bonchev–Trinajstić information content (AvgIpc) is 3.09. The maximum absolute atomic E-state index is 12.6. The molecule has 0 bridgehead atoms. The lowest BCUT2D eigenvalue weighted by atomic mass is 9.73. The van der Waals surface area contributed by atoms with Gasteiger partial charge in [-0.15, -0.1) is 0 Å². The van der Waals surface area contributed by atoms with Gasteiger partial charge in [-0.25, -0.2) is 15.0 Å². The molecule has 3 aromatic rings. The molecule has 4 heterocycles. The second-order valence-electron chi connectivity index (χ2n) is 8.44. The van der Waals surface area contributed by atoms with Crippen molar-refractivity contribution in [1.29, 1.82) is 0 Å². The van der Waals surface area contributed by atoms with Crippen molar-refractivity contribution >= 4 is 45.8 Å². The van der Waals surface area contributed by atoms with Gasteiger partial charge in [-0.05, 0) is 42.4 Å². The van der Waals surface area contributed by atoms with Crippen LogP contribution in [0, 0.1) is 5.41 Å². The van der Waals surface area contributed by atoms with Crippen LogP contribution in [0.2, 0.25) is 5.02 Å². The van der Waals surface area contributed by atoms with Crippen LogP contribution < -0.4 is 16.4 Å². The van der Waals surface area contributed by atoms with Crippen molar-refractivity contribution in [2.75, 3.05) is 30.0 Å². The molecule has 8 nitrogen and oxygen atoms in total. The summed E-state index contributed by atoms with van der Waals surface area (Å²) in [6.07, 6.45) is 9.49. The Bertz CT molecular complexity index is 1230. The Balaban J connectivity index is 1.36. The van der Waals surface area contributed by atoms with Crippen molar-refractivity contribution in [1.82, 2.24) is 19.9 Å². The second kappa shape index (κ2) is 8.83. The fourth-order valence-corrected chi connectivity index (χ4v) is 6.49. The molecule has 1 spiro atoms. The molecule has 5 rings (SSSR count). The summed E-state index contributed by atoms with van der Waals surface area (Å²) in [7, 11) is -1.30. The Morgan fingerprint density at radius 1 is 1.21 bits per heavy atom. The number of nitrogens with zero attached hydrogens (tertiary/aromatic N) is 5. The number of anilines is 2. The monoisotopic (exact) mass is 501 g/mol. The zero-order valence-electron chi connectivity index (χ0n) is 18.1. The molecule has 0 amide bonds. The van der Waals surface area contributed by atoms with Crippen molar-refractivity contribution in [2.24, 2.45) is 11.1 Å². The fourth-order valence-electron chi connectivity index (χ4n) is 4.75. The van der Waals surface area contributed by atoms with Crippen molar-refractivity contribution in [3.05, 3.63) is 53.1 Å². The van der Waals surface area contributed by atoms with Gasteiger partial charge in [0.2, 0.25) is 0 Å². The molecule has 1 saturated heterocycles. The molecule has 172 valence electrons. The van der Waals surface area contributed by atoms with Crippen LogP contribution in [0.5, 0.6) is 0 Å². The van der Waals surface area contributed by atoms with E-state index in [0.29, 0.717) is 20.9 Å². The SMILES string of the molecule is CS(=O)c1nc(Sc2ccnc(N)c2Cl)cnc1N1CCC2(CC1)Cc1ncccc1[C@H]2N. The summed E-state index contributed by atoms with van der Waals surface area (Å²) >= 11 is 7.59. The van der Waals surface area contributed by atoms with Crippen LogP contribution in [-0.2, 0) is 17.2 Å². The summed E-state index contributed by atoms with van der Waals surface area (Å²) < 4.78 is 12.6. The van der Waals surface area contributed by atoms with Gasteiger partial charge in [0.05, 0.1) is 22.0 Å². The molecule has 0 aromatic carbocycles. The highest BCUT2D eigenvalue weighted by Gasteiger charge is 2.46. The predicted octanol–water partition coefficient (Wildman–Crippen LogP) is 3.23. The van der Waals surface area contributed by atoms with Crippen LogP contribution in [0.25, 0.3) is 0 Å². The lowest BCUT2D eigenvalue weighted by Gasteiger charge is -2.42. The minimum absolute atomic E-state index is 0.00876. The maximum atomic E-state index is 12.6. The highest BCUT2D eigenvalue weighted by Crippen LogP contribution is 2.50. The maximum Gasteiger partial charge on any atom is 0.170 e. The Morgan fingerprint density at radius 2 is 2.00 bits per heavy atom. The number of hydrogen-bond donors (Lipinski definition) is 2. The largest absolute Gasteiger partial charge is 0.382 e. The Kier molecular flexibility index (Phi) is 6.02. The van der Waals surface area contributed by atoms with E-state index in [1.54, 1.807) is 24.7 Å². The molecule has 0 saturated carbocycles. The minimum atomic E-state index is -1.30. The summed E-state index contributed by atoms with van der Waals surface area (Å²) in [5.74, 6) is 0.924. The normalized spacial score (nSPS) is 20.1.